The van der Waals surface area contributed by atoms with E-state index in [0.29, 0.717) is 17.4 Å². The molecule has 0 saturated carbocycles. The average Bonchev–Trinajstić information content (AvgIpc) is 3.17. The lowest BCUT2D eigenvalue weighted by atomic mass is 10.2. The smallest absolute Gasteiger partial charge is 0.290 e. The lowest BCUT2D eigenvalue weighted by molar-refractivity contribution is -0.115. The number of aromatic amines is 1. The molecule has 2 amide bonds. The molecule has 1 fully saturated rings. The van der Waals surface area contributed by atoms with Crippen LogP contribution in [-0.4, -0.2) is 21.1 Å². The summed E-state index contributed by atoms with van der Waals surface area (Å²) in [5.74, 6) is 0.120. The lowest BCUT2D eigenvalue weighted by Crippen LogP contribution is -2.17. The summed E-state index contributed by atoms with van der Waals surface area (Å²) in [7, 11) is 0. The third-order valence-electron chi connectivity index (χ3n) is 3.73. The van der Waals surface area contributed by atoms with Crippen LogP contribution in [0, 0.1) is 0 Å². The van der Waals surface area contributed by atoms with Crippen molar-refractivity contribution in [3.8, 4) is 5.88 Å². The second-order valence-electron chi connectivity index (χ2n) is 5.44. The van der Waals surface area contributed by atoms with Gasteiger partial charge < -0.3 is 9.72 Å². The Kier molecular flexibility index (Phi) is 3.99. The first-order valence-corrected chi connectivity index (χ1v) is 8.39. The van der Waals surface area contributed by atoms with Crippen LogP contribution in [0.15, 0.2) is 53.7 Å². The number of carbonyl (C=O) groups is 2. The Morgan fingerprint density at radius 1 is 1.20 bits per heavy atom. The Morgan fingerprint density at radius 3 is 2.80 bits per heavy atom. The normalized spacial score (nSPS) is 15.8. The first-order valence-electron chi connectivity index (χ1n) is 7.58. The fourth-order valence-electron chi connectivity index (χ4n) is 2.52. The number of thioether (sulfide) groups is 1. The van der Waals surface area contributed by atoms with Crippen molar-refractivity contribution in [3.05, 3.63) is 64.8 Å². The van der Waals surface area contributed by atoms with E-state index in [1.807, 2.05) is 36.4 Å². The summed E-state index contributed by atoms with van der Waals surface area (Å²) in [4.78, 5) is 30.7. The number of carbonyl (C=O) groups excluding carboxylic acids is 2. The van der Waals surface area contributed by atoms with Crippen molar-refractivity contribution >= 4 is 39.9 Å². The largest absolute Gasteiger partial charge is 0.473 e. The van der Waals surface area contributed by atoms with E-state index in [-0.39, 0.29) is 11.1 Å². The maximum atomic E-state index is 11.7. The van der Waals surface area contributed by atoms with Crippen LogP contribution in [-0.2, 0) is 11.4 Å². The maximum Gasteiger partial charge on any atom is 0.290 e. The number of H-pyrrole nitrogens is 1. The standard InChI is InChI=1S/C18H13N3O3S/c22-17-15(25-18(23)21-17)6-12-8-19-14-9-20-16(7-13(12)14)24-10-11-4-2-1-3-5-11/h1-9,19H,10H2,(H,21,22,23)/b15-6-. The Labute approximate surface area is 147 Å². The SMILES string of the molecule is O=C1NC(=O)/C(=C/c2c[nH]c3cnc(OCc4ccccc4)cc23)S1. The van der Waals surface area contributed by atoms with Crippen LogP contribution in [0.1, 0.15) is 11.1 Å². The van der Waals surface area contributed by atoms with Crippen LogP contribution in [0.5, 0.6) is 5.88 Å². The Balaban J connectivity index is 1.60. The van der Waals surface area contributed by atoms with E-state index in [4.69, 9.17) is 4.74 Å². The van der Waals surface area contributed by atoms with Crippen LogP contribution >= 0.6 is 11.8 Å². The quantitative estimate of drug-likeness (QED) is 0.703. The predicted molar refractivity (Wildman–Crippen MR) is 96.0 cm³/mol. The van der Waals surface area contributed by atoms with Gasteiger partial charge in [0.25, 0.3) is 11.1 Å². The molecule has 0 spiro atoms. The van der Waals surface area contributed by atoms with Gasteiger partial charge >= 0.3 is 0 Å². The van der Waals surface area contributed by atoms with Gasteiger partial charge in [-0.25, -0.2) is 4.98 Å². The molecule has 6 nitrogen and oxygen atoms in total. The fourth-order valence-corrected chi connectivity index (χ4v) is 3.19. The summed E-state index contributed by atoms with van der Waals surface area (Å²) in [6.07, 6.45) is 5.15. The van der Waals surface area contributed by atoms with Crippen LogP contribution < -0.4 is 10.1 Å². The number of hydrogen-bond acceptors (Lipinski definition) is 5. The summed E-state index contributed by atoms with van der Waals surface area (Å²) >= 11 is 0.893. The Morgan fingerprint density at radius 2 is 2.04 bits per heavy atom. The zero-order valence-corrected chi connectivity index (χ0v) is 13.8. The molecular formula is C18H13N3O3S. The second-order valence-corrected chi connectivity index (χ2v) is 6.45. The molecule has 1 aliphatic rings. The average molecular weight is 351 g/mol. The number of pyridine rings is 1. The van der Waals surface area contributed by atoms with Gasteiger partial charge in [-0.3, -0.25) is 14.9 Å². The number of ether oxygens (including phenoxy) is 1. The number of rotatable bonds is 4. The van der Waals surface area contributed by atoms with Gasteiger partial charge in [0.2, 0.25) is 5.88 Å². The van der Waals surface area contributed by atoms with Gasteiger partial charge in [0, 0.05) is 23.2 Å². The van der Waals surface area contributed by atoms with E-state index in [2.05, 4.69) is 15.3 Å². The van der Waals surface area contributed by atoms with Crippen molar-refractivity contribution in [3.63, 3.8) is 0 Å². The Hall–Kier alpha value is -3.06. The number of fused-ring (bicyclic) bond motifs is 1. The van der Waals surface area contributed by atoms with E-state index in [1.165, 1.54) is 0 Å². The topological polar surface area (TPSA) is 84.1 Å². The molecule has 1 aromatic carbocycles. The molecular weight excluding hydrogens is 338 g/mol. The van der Waals surface area contributed by atoms with Gasteiger partial charge in [-0.2, -0.15) is 0 Å². The van der Waals surface area contributed by atoms with Crippen molar-refractivity contribution in [2.75, 3.05) is 0 Å². The van der Waals surface area contributed by atoms with Crippen LogP contribution in [0.2, 0.25) is 0 Å². The second kappa shape index (κ2) is 6.45. The predicted octanol–water partition coefficient (Wildman–Crippen LogP) is 3.47. The van der Waals surface area contributed by atoms with Crippen molar-refractivity contribution in [2.24, 2.45) is 0 Å². The number of aromatic nitrogens is 2. The molecule has 2 aromatic heterocycles. The molecule has 124 valence electrons. The Bertz CT molecular complexity index is 995. The highest BCUT2D eigenvalue weighted by Crippen LogP contribution is 2.29. The summed E-state index contributed by atoms with van der Waals surface area (Å²) in [6.45, 7) is 0.424. The van der Waals surface area contributed by atoms with Gasteiger partial charge in [-0.1, -0.05) is 30.3 Å². The molecule has 4 rings (SSSR count). The maximum absolute atomic E-state index is 11.7. The summed E-state index contributed by atoms with van der Waals surface area (Å²) in [5, 5.41) is 2.76. The van der Waals surface area contributed by atoms with E-state index < -0.39 is 0 Å². The first kappa shape index (κ1) is 15.5. The minimum absolute atomic E-state index is 0.357. The van der Waals surface area contributed by atoms with Gasteiger partial charge in [0.15, 0.2) is 0 Å². The number of nitrogens with zero attached hydrogens (tertiary/aromatic N) is 1. The number of imide groups is 1. The van der Waals surface area contributed by atoms with Crippen LogP contribution in [0.4, 0.5) is 4.79 Å². The molecule has 0 radical (unpaired) electrons. The highest BCUT2D eigenvalue weighted by atomic mass is 32.2. The van der Waals surface area contributed by atoms with E-state index in [9.17, 15) is 9.59 Å². The zero-order chi connectivity index (χ0) is 17.2. The van der Waals surface area contributed by atoms with Gasteiger partial charge in [0.1, 0.15) is 6.61 Å². The molecule has 3 heterocycles. The molecule has 2 N–H and O–H groups in total. The van der Waals surface area contributed by atoms with Gasteiger partial charge in [0.05, 0.1) is 16.6 Å². The summed E-state index contributed by atoms with van der Waals surface area (Å²) < 4.78 is 5.75. The first-order chi connectivity index (χ1) is 12.2. The number of amides is 2. The highest BCUT2D eigenvalue weighted by Gasteiger charge is 2.25. The van der Waals surface area contributed by atoms with Crippen LogP contribution in [0.25, 0.3) is 17.0 Å². The highest BCUT2D eigenvalue weighted by molar-refractivity contribution is 8.18. The third-order valence-corrected chi connectivity index (χ3v) is 4.54. The van der Waals surface area contributed by atoms with Gasteiger partial charge in [-0.15, -0.1) is 0 Å². The molecule has 0 aliphatic carbocycles. The minimum atomic E-state index is -0.376. The molecule has 0 bridgehead atoms. The van der Waals surface area contributed by atoms with Crippen molar-refractivity contribution in [1.29, 1.82) is 0 Å². The van der Waals surface area contributed by atoms with E-state index in [1.54, 1.807) is 18.5 Å². The van der Waals surface area contributed by atoms with Crippen molar-refractivity contribution in [1.82, 2.24) is 15.3 Å². The lowest BCUT2D eigenvalue weighted by Gasteiger charge is -2.05. The minimum Gasteiger partial charge on any atom is -0.473 e. The molecule has 25 heavy (non-hydrogen) atoms. The van der Waals surface area contributed by atoms with E-state index in [0.717, 1.165) is 33.8 Å². The third kappa shape index (κ3) is 3.27. The molecule has 1 aliphatic heterocycles. The molecule has 0 unspecified atom stereocenters. The monoisotopic (exact) mass is 351 g/mol. The molecule has 7 heteroatoms. The molecule has 0 atom stereocenters. The van der Waals surface area contributed by atoms with Gasteiger partial charge in [-0.05, 0) is 23.4 Å². The van der Waals surface area contributed by atoms with Crippen molar-refractivity contribution in [2.45, 2.75) is 6.61 Å². The summed E-state index contributed by atoms with van der Waals surface area (Å²) in [6, 6.07) is 11.7. The molecule has 1 saturated heterocycles. The summed E-state index contributed by atoms with van der Waals surface area (Å²) in [5.41, 5.74) is 2.68. The number of hydrogen-bond donors (Lipinski definition) is 2. The fraction of sp³-hybridized carbons (Fsp3) is 0.0556. The van der Waals surface area contributed by atoms with E-state index >= 15 is 0 Å². The molecule has 3 aromatic rings. The zero-order valence-electron chi connectivity index (χ0n) is 13.0. The van der Waals surface area contributed by atoms with Crippen LogP contribution in [0.3, 0.4) is 0 Å². The number of benzene rings is 1. The number of nitrogens with one attached hydrogen (secondary N) is 2. The van der Waals surface area contributed by atoms with Crippen molar-refractivity contribution < 1.29 is 14.3 Å².